The minimum atomic E-state index is -0.387. The molecule has 0 nitrogen and oxygen atoms in total. The van der Waals surface area contributed by atoms with Gasteiger partial charge in [0.2, 0.25) is 0 Å². The molecule has 0 unspecified atom stereocenters. The number of fused-ring (bicyclic) bond motifs is 6. The fourth-order valence-corrected chi connectivity index (χ4v) is 10.3. The number of hydrogen-bond donors (Lipinski definition) is 0. The lowest BCUT2D eigenvalue weighted by molar-refractivity contribution is 0.767. The van der Waals surface area contributed by atoms with Gasteiger partial charge in [0.1, 0.15) is 0 Å². The average molecular weight is 725 g/mol. The number of benzene rings is 9. The Labute approximate surface area is 335 Å². The van der Waals surface area contributed by atoms with Gasteiger partial charge in [0, 0.05) is 0 Å². The number of hydrogen-bond acceptors (Lipinski definition) is 0. The molecular weight excluding hydrogens is 685 g/mol. The van der Waals surface area contributed by atoms with Crippen LogP contribution in [0.5, 0.6) is 0 Å². The molecule has 0 bridgehead atoms. The highest BCUT2D eigenvalue weighted by molar-refractivity contribution is 5.88. The first-order chi connectivity index (χ1) is 28.3. The molecule has 0 amide bonds. The first kappa shape index (κ1) is 33.3. The molecule has 0 atom stereocenters. The molecule has 268 valence electrons. The molecule has 0 saturated carbocycles. The summed E-state index contributed by atoms with van der Waals surface area (Å²) in [6.07, 6.45) is 0.862. The van der Waals surface area contributed by atoms with Gasteiger partial charge in [-0.2, -0.15) is 0 Å². The van der Waals surface area contributed by atoms with Gasteiger partial charge in [0.15, 0.2) is 0 Å². The van der Waals surface area contributed by atoms with Crippen molar-refractivity contribution in [2.45, 2.75) is 17.3 Å². The van der Waals surface area contributed by atoms with E-state index in [2.05, 4.69) is 231 Å². The van der Waals surface area contributed by atoms with Crippen molar-refractivity contribution < 1.29 is 0 Å². The van der Waals surface area contributed by atoms with Crippen LogP contribution in [-0.4, -0.2) is 0 Å². The maximum atomic E-state index is 2.48. The van der Waals surface area contributed by atoms with Crippen LogP contribution in [0.25, 0.3) is 33.4 Å². The zero-order valence-electron chi connectivity index (χ0n) is 31.6. The van der Waals surface area contributed by atoms with Crippen molar-refractivity contribution in [3.8, 4) is 33.4 Å². The highest BCUT2D eigenvalue weighted by Gasteiger charge is 2.47. The van der Waals surface area contributed by atoms with Crippen LogP contribution in [0.4, 0.5) is 0 Å². The molecular formula is C57H40. The van der Waals surface area contributed by atoms with Crippen molar-refractivity contribution in [2.75, 3.05) is 0 Å². The Morgan fingerprint density at radius 1 is 0.246 bits per heavy atom. The third-order valence-corrected chi connectivity index (χ3v) is 12.7. The Kier molecular flexibility index (Phi) is 7.79. The summed E-state index contributed by atoms with van der Waals surface area (Å²) < 4.78 is 0. The van der Waals surface area contributed by atoms with Crippen molar-refractivity contribution in [3.05, 3.63) is 286 Å². The highest BCUT2D eigenvalue weighted by Crippen LogP contribution is 2.57. The van der Waals surface area contributed by atoms with Crippen molar-refractivity contribution in [1.29, 1.82) is 0 Å². The Morgan fingerprint density at radius 2 is 0.579 bits per heavy atom. The average Bonchev–Trinajstić information content (AvgIpc) is 3.76. The Balaban J connectivity index is 0.941. The van der Waals surface area contributed by atoms with Gasteiger partial charge in [-0.15, -0.1) is 0 Å². The molecule has 2 aliphatic carbocycles. The first-order valence-corrected chi connectivity index (χ1v) is 20.1. The summed E-state index contributed by atoms with van der Waals surface area (Å²) in [5, 5.41) is 0. The fraction of sp³-hybridized carbons (Fsp3) is 0.0526. The van der Waals surface area contributed by atoms with E-state index in [-0.39, 0.29) is 10.8 Å². The summed E-state index contributed by atoms with van der Waals surface area (Å²) >= 11 is 0. The molecule has 57 heavy (non-hydrogen) atoms. The smallest absolute Gasteiger partial charge is 0.0622 e. The molecule has 0 fully saturated rings. The predicted molar refractivity (Wildman–Crippen MR) is 236 cm³/mol. The Hall–Kier alpha value is -7.02. The number of rotatable bonds is 7. The van der Waals surface area contributed by atoms with Gasteiger partial charge >= 0.3 is 0 Å². The Morgan fingerprint density at radius 3 is 1.04 bits per heavy atom. The fourth-order valence-electron chi connectivity index (χ4n) is 10.3. The standard InChI is InChI=1S/C57H40/c1-4-16-44(17-5-1)56(52-25-13-10-22-48(52)49-23-11-14-26-53(49)56)47-35-33-43(34-36-47)42-31-28-40(29-32-42)38-41-30-37-51-50-24-12-15-27-54(50)57(55(51)39-41,45-18-6-2-7-19-45)46-20-8-3-9-21-46/h1-37,39H,38H2. The van der Waals surface area contributed by atoms with Crippen LogP contribution in [0.1, 0.15) is 55.6 Å². The second kappa shape index (κ2) is 13.3. The summed E-state index contributed by atoms with van der Waals surface area (Å²) in [5.74, 6) is 0. The molecule has 2 aliphatic rings. The maximum Gasteiger partial charge on any atom is 0.0713 e. The molecule has 9 aromatic rings. The quantitative estimate of drug-likeness (QED) is 0.154. The third kappa shape index (κ3) is 5.00. The van der Waals surface area contributed by atoms with Gasteiger partial charge in [-0.1, -0.05) is 231 Å². The SMILES string of the molecule is c1ccc(C2(c3ccc(-c4ccc(Cc5ccc6c(c5)C(c5ccccc5)(c5ccccc5)c5ccccc5-6)cc4)cc3)c3ccccc3-c3ccccc32)cc1. The Bertz CT molecular complexity index is 2800. The van der Waals surface area contributed by atoms with Gasteiger partial charge in [-0.05, 0) is 95.4 Å². The van der Waals surface area contributed by atoms with Crippen LogP contribution >= 0.6 is 0 Å². The van der Waals surface area contributed by atoms with E-state index in [1.54, 1.807) is 0 Å². The molecule has 0 radical (unpaired) electrons. The van der Waals surface area contributed by atoms with Crippen LogP contribution in [-0.2, 0) is 17.3 Å². The first-order valence-electron chi connectivity index (χ1n) is 20.1. The van der Waals surface area contributed by atoms with Crippen LogP contribution in [0.2, 0.25) is 0 Å². The summed E-state index contributed by atoms with van der Waals surface area (Å²) in [4.78, 5) is 0. The zero-order valence-corrected chi connectivity index (χ0v) is 31.6. The highest BCUT2D eigenvalue weighted by atomic mass is 14.5. The van der Waals surface area contributed by atoms with E-state index in [9.17, 15) is 0 Å². The van der Waals surface area contributed by atoms with Crippen molar-refractivity contribution in [3.63, 3.8) is 0 Å². The normalized spacial score (nSPS) is 14.0. The summed E-state index contributed by atoms with van der Waals surface area (Å²) in [7, 11) is 0. The molecule has 0 heterocycles. The predicted octanol–water partition coefficient (Wildman–Crippen LogP) is 13.7. The summed E-state index contributed by atoms with van der Waals surface area (Å²) in [6, 6.07) is 85.7. The van der Waals surface area contributed by atoms with E-state index in [0.29, 0.717) is 0 Å². The molecule has 0 heteroatoms. The van der Waals surface area contributed by atoms with Gasteiger partial charge in [0.05, 0.1) is 10.8 Å². The monoisotopic (exact) mass is 724 g/mol. The molecule has 0 aliphatic heterocycles. The molecule has 0 aromatic heterocycles. The molecule has 0 spiro atoms. The molecule has 0 saturated heterocycles. The van der Waals surface area contributed by atoms with E-state index in [0.717, 1.165) is 6.42 Å². The maximum absolute atomic E-state index is 2.48. The summed E-state index contributed by atoms with van der Waals surface area (Å²) in [6.45, 7) is 0. The lowest BCUT2D eigenvalue weighted by Crippen LogP contribution is -2.28. The van der Waals surface area contributed by atoms with Crippen LogP contribution < -0.4 is 0 Å². The van der Waals surface area contributed by atoms with Crippen LogP contribution in [0.15, 0.2) is 231 Å². The van der Waals surface area contributed by atoms with E-state index < -0.39 is 0 Å². The van der Waals surface area contributed by atoms with Gasteiger partial charge < -0.3 is 0 Å². The molecule has 11 rings (SSSR count). The van der Waals surface area contributed by atoms with Crippen molar-refractivity contribution in [1.82, 2.24) is 0 Å². The van der Waals surface area contributed by atoms with Gasteiger partial charge in [-0.25, -0.2) is 0 Å². The summed E-state index contributed by atoms with van der Waals surface area (Å²) in [5.41, 5.74) is 20.1. The minimum Gasteiger partial charge on any atom is -0.0622 e. The molecule has 0 N–H and O–H groups in total. The van der Waals surface area contributed by atoms with E-state index in [1.165, 1.54) is 89.0 Å². The molecule has 9 aromatic carbocycles. The second-order valence-electron chi connectivity index (χ2n) is 15.6. The van der Waals surface area contributed by atoms with E-state index in [1.807, 2.05) is 0 Å². The lowest BCUT2D eigenvalue weighted by Gasteiger charge is -2.34. The minimum absolute atomic E-state index is 0.382. The topological polar surface area (TPSA) is 0 Å². The van der Waals surface area contributed by atoms with Crippen LogP contribution in [0.3, 0.4) is 0 Å². The zero-order chi connectivity index (χ0) is 37.8. The largest absolute Gasteiger partial charge is 0.0713 e. The van der Waals surface area contributed by atoms with Crippen molar-refractivity contribution in [2.24, 2.45) is 0 Å². The lowest BCUT2D eigenvalue weighted by atomic mass is 9.67. The van der Waals surface area contributed by atoms with Crippen molar-refractivity contribution >= 4 is 0 Å². The van der Waals surface area contributed by atoms with Crippen LogP contribution in [0, 0.1) is 0 Å². The van der Waals surface area contributed by atoms with E-state index >= 15 is 0 Å². The third-order valence-electron chi connectivity index (χ3n) is 12.7. The van der Waals surface area contributed by atoms with Gasteiger partial charge in [0.25, 0.3) is 0 Å². The second-order valence-corrected chi connectivity index (χ2v) is 15.6. The van der Waals surface area contributed by atoms with Gasteiger partial charge in [-0.3, -0.25) is 0 Å². The van der Waals surface area contributed by atoms with E-state index in [4.69, 9.17) is 0 Å².